The van der Waals surface area contributed by atoms with E-state index in [-0.39, 0.29) is 0 Å². The quantitative estimate of drug-likeness (QED) is 0.0699. The summed E-state index contributed by atoms with van der Waals surface area (Å²) >= 11 is 0. The van der Waals surface area contributed by atoms with Crippen molar-refractivity contribution in [3.8, 4) is 55.6 Å². The minimum atomic E-state index is -3.57. The van der Waals surface area contributed by atoms with E-state index in [9.17, 15) is 57.1 Å². The molecule has 26 heteroatoms. The molecule has 62 heavy (non-hydrogen) atoms. The predicted molar refractivity (Wildman–Crippen MR) is 162 cm³/mol. The lowest BCUT2D eigenvalue weighted by atomic mass is 9.77. The van der Waals surface area contributed by atoms with Crippen LogP contribution in [-0.2, 0) is 0 Å². The molecule has 0 atom stereocenters. The fraction of sp³-hybridized carbons (Fsp3) is 0. The number of hydrogen-bond acceptors (Lipinski definition) is 0. The minimum absolute atomic E-state index is 1.89. The standard InChI is InChI=1S/C36H3F25Si/c37-11-6(12(38)22(48)31(57)21(11)47)1-2(7-13(39)23(49)32(58)24(50)14(7)40)4(9-17(43)27(53)34(60)28(54)18(9)44)36(62)5(10-19(45)29(55)35(61)30(56)20(10)46)3(1)8-15(41)25(51)33(59)26(52)16(8)42/h62H3. The summed E-state index contributed by atoms with van der Waals surface area (Å²) in [5.41, 5.74) is -30.2. The van der Waals surface area contributed by atoms with Gasteiger partial charge in [0.1, 0.15) is 0 Å². The summed E-state index contributed by atoms with van der Waals surface area (Å²) in [7, 11) is -1.89. The molecule has 0 N–H and O–H groups in total. The summed E-state index contributed by atoms with van der Waals surface area (Å²) in [6, 6.07) is 0. The topological polar surface area (TPSA) is 0 Å². The molecule has 0 aliphatic rings. The van der Waals surface area contributed by atoms with Gasteiger partial charge in [-0.2, -0.15) is 0 Å². The predicted octanol–water partition coefficient (Wildman–Crippen LogP) is 11.5. The van der Waals surface area contributed by atoms with E-state index < -0.39 is 216 Å². The zero-order chi connectivity index (χ0) is 46.8. The smallest absolute Gasteiger partial charge is 0.200 e. The molecule has 6 rings (SSSR count). The summed E-state index contributed by atoms with van der Waals surface area (Å²) in [5, 5.41) is -2.21. The molecule has 0 nitrogen and oxygen atoms in total. The van der Waals surface area contributed by atoms with E-state index >= 15 is 52.7 Å². The molecule has 0 unspecified atom stereocenters. The Hall–Kier alpha value is -6.21. The number of benzene rings is 6. The molecule has 0 spiro atoms. The van der Waals surface area contributed by atoms with Crippen LogP contribution in [0.4, 0.5) is 110 Å². The van der Waals surface area contributed by atoms with Crippen molar-refractivity contribution in [2.75, 3.05) is 0 Å². The first-order valence-corrected chi connectivity index (χ1v) is 16.5. The van der Waals surface area contributed by atoms with Crippen molar-refractivity contribution >= 4 is 15.4 Å². The molecule has 6 aromatic rings. The molecule has 0 aromatic heterocycles. The molecule has 0 radical (unpaired) electrons. The Morgan fingerprint density at radius 1 is 0.129 bits per heavy atom. The van der Waals surface area contributed by atoms with Crippen LogP contribution in [0.15, 0.2) is 0 Å². The van der Waals surface area contributed by atoms with Gasteiger partial charge >= 0.3 is 0 Å². The summed E-state index contributed by atoms with van der Waals surface area (Å²) in [4.78, 5) is 0. The molecule has 326 valence electrons. The van der Waals surface area contributed by atoms with Crippen LogP contribution in [0.25, 0.3) is 55.6 Å². The Labute approximate surface area is 326 Å². The fourth-order valence-electron chi connectivity index (χ4n) is 6.37. The summed E-state index contributed by atoms with van der Waals surface area (Å²) < 4.78 is 381. The highest BCUT2D eigenvalue weighted by Crippen LogP contribution is 2.55. The summed E-state index contributed by atoms with van der Waals surface area (Å²) in [6.07, 6.45) is 0. The summed E-state index contributed by atoms with van der Waals surface area (Å²) in [5.74, 6) is -84.8. The van der Waals surface area contributed by atoms with Crippen LogP contribution in [0.2, 0.25) is 0 Å². The lowest BCUT2D eigenvalue weighted by Gasteiger charge is -2.29. The van der Waals surface area contributed by atoms with Gasteiger partial charge in [-0.3, -0.25) is 0 Å². The molecule has 0 amide bonds. The van der Waals surface area contributed by atoms with Crippen molar-refractivity contribution in [3.05, 3.63) is 145 Å². The summed E-state index contributed by atoms with van der Waals surface area (Å²) in [6.45, 7) is 0. The van der Waals surface area contributed by atoms with Crippen LogP contribution in [0.1, 0.15) is 0 Å². The maximum absolute atomic E-state index is 16.0. The average molecular weight is 938 g/mol. The van der Waals surface area contributed by atoms with Crippen molar-refractivity contribution < 1.29 is 110 Å². The number of halogens is 25. The second-order valence-corrected chi connectivity index (χ2v) is 13.2. The van der Waals surface area contributed by atoms with Gasteiger partial charge in [-0.15, -0.1) is 0 Å². The maximum Gasteiger partial charge on any atom is 0.200 e. The van der Waals surface area contributed by atoms with E-state index in [0.29, 0.717) is 0 Å². The minimum Gasteiger partial charge on any atom is -0.203 e. The molecular weight excluding hydrogens is 935 g/mol. The monoisotopic (exact) mass is 938 g/mol. The van der Waals surface area contributed by atoms with Gasteiger partial charge in [-0.25, -0.2) is 110 Å². The zero-order valence-corrected chi connectivity index (χ0v) is 30.4. The molecule has 0 aliphatic carbocycles. The van der Waals surface area contributed by atoms with Gasteiger partial charge < -0.3 is 0 Å². The Kier molecular flexibility index (Phi) is 11.2. The molecule has 0 heterocycles. The zero-order valence-electron chi connectivity index (χ0n) is 28.4. The highest BCUT2D eigenvalue weighted by molar-refractivity contribution is 6.43. The van der Waals surface area contributed by atoms with Crippen molar-refractivity contribution in [2.45, 2.75) is 0 Å². The lowest BCUT2D eigenvalue weighted by Crippen LogP contribution is -2.22. The average Bonchev–Trinajstić information content (AvgIpc) is 3.24. The van der Waals surface area contributed by atoms with Gasteiger partial charge in [0.2, 0.25) is 29.1 Å². The Morgan fingerprint density at radius 3 is 0.371 bits per heavy atom. The second-order valence-electron chi connectivity index (χ2n) is 12.2. The van der Waals surface area contributed by atoms with Crippen LogP contribution in [0, 0.1) is 145 Å². The van der Waals surface area contributed by atoms with Gasteiger partial charge in [0.25, 0.3) is 0 Å². The van der Waals surface area contributed by atoms with Crippen LogP contribution in [0.3, 0.4) is 0 Å². The van der Waals surface area contributed by atoms with E-state index in [0.717, 1.165) is 0 Å². The maximum atomic E-state index is 16.0. The first-order chi connectivity index (χ1) is 28.7. The normalized spacial score (nSPS) is 11.8. The van der Waals surface area contributed by atoms with E-state index in [1.54, 1.807) is 0 Å². The second kappa shape index (κ2) is 15.3. The third-order valence-corrected chi connectivity index (χ3v) is 10.0. The highest BCUT2D eigenvalue weighted by Gasteiger charge is 2.43. The van der Waals surface area contributed by atoms with Crippen molar-refractivity contribution in [1.82, 2.24) is 0 Å². The number of hydrogen-bond donors (Lipinski definition) is 0. The molecule has 6 aromatic carbocycles. The van der Waals surface area contributed by atoms with Gasteiger partial charge in [0.15, 0.2) is 116 Å². The van der Waals surface area contributed by atoms with E-state index in [1.807, 2.05) is 0 Å². The molecule has 0 saturated carbocycles. The first kappa shape index (κ1) is 45.3. The Balaban J connectivity index is 2.27. The number of rotatable bonds is 5. The van der Waals surface area contributed by atoms with Crippen LogP contribution in [-0.4, -0.2) is 10.2 Å². The fourth-order valence-corrected chi connectivity index (χ4v) is 7.37. The third kappa shape index (κ3) is 6.02. The highest BCUT2D eigenvalue weighted by atomic mass is 28.1. The molecule has 0 aliphatic heterocycles. The van der Waals surface area contributed by atoms with E-state index in [2.05, 4.69) is 0 Å². The van der Waals surface area contributed by atoms with Crippen molar-refractivity contribution in [1.29, 1.82) is 0 Å². The molecule has 0 saturated heterocycles. The van der Waals surface area contributed by atoms with Gasteiger partial charge in [-0.1, -0.05) is 5.19 Å². The molecule has 0 bridgehead atoms. The SMILES string of the molecule is Fc1c(F)c(F)c(-c2c([SiH3])c(-c3c(F)c(F)c(F)c(F)c3F)c(-c3c(F)c(F)c(F)c(F)c3F)c(-c3c(F)c(F)c(F)c(F)c3F)c2-c2c(F)c(F)c(F)c(F)c2F)c(F)c1F. The largest absolute Gasteiger partial charge is 0.203 e. The lowest BCUT2D eigenvalue weighted by molar-refractivity contribution is 0.379. The van der Waals surface area contributed by atoms with Crippen LogP contribution >= 0.6 is 0 Å². The van der Waals surface area contributed by atoms with Crippen molar-refractivity contribution in [2.24, 2.45) is 0 Å². The van der Waals surface area contributed by atoms with Crippen molar-refractivity contribution in [3.63, 3.8) is 0 Å². The first-order valence-electron chi connectivity index (χ1n) is 15.5. The molecular formula is C36H3F25Si. The van der Waals surface area contributed by atoms with Gasteiger partial charge in [0.05, 0.1) is 27.8 Å². The van der Waals surface area contributed by atoms with Gasteiger partial charge in [0, 0.05) is 26.9 Å². The van der Waals surface area contributed by atoms with Crippen LogP contribution in [0.5, 0.6) is 0 Å². The van der Waals surface area contributed by atoms with Crippen LogP contribution < -0.4 is 5.19 Å². The van der Waals surface area contributed by atoms with E-state index in [4.69, 9.17) is 0 Å². The van der Waals surface area contributed by atoms with Gasteiger partial charge in [-0.05, 0) is 11.1 Å². The Morgan fingerprint density at radius 2 is 0.226 bits per heavy atom. The third-order valence-electron chi connectivity index (χ3n) is 9.05. The Bertz CT molecular complexity index is 2720. The molecule has 0 fully saturated rings. The van der Waals surface area contributed by atoms with E-state index in [1.165, 1.54) is 0 Å².